The maximum atomic E-state index is 14.0. The van der Waals surface area contributed by atoms with Gasteiger partial charge in [0.2, 0.25) is 5.91 Å². The first kappa shape index (κ1) is 24.0. The molecule has 0 aliphatic carbocycles. The Morgan fingerprint density at radius 2 is 1.86 bits per heavy atom. The highest BCUT2D eigenvalue weighted by Crippen LogP contribution is 2.31. The molecule has 0 saturated carbocycles. The van der Waals surface area contributed by atoms with Gasteiger partial charge in [-0.3, -0.25) is 9.78 Å². The number of pyridine rings is 1. The van der Waals surface area contributed by atoms with Crippen molar-refractivity contribution in [1.29, 1.82) is 0 Å². The lowest BCUT2D eigenvalue weighted by molar-refractivity contribution is -0.121. The quantitative estimate of drug-likeness (QED) is 0.311. The normalized spacial score (nSPS) is 11.6. The van der Waals surface area contributed by atoms with E-state index in [1.54, 1.807) is 49.8 Å². The third-order valence-electron chi connectivity index (χ3n) is 5.61. The van der Waals surface area contributed by atoms with Gasteiger partial charge in [-0.2, -0.15) is 0 Å². The van der Waals surface area contributed by atoms with Crippen LogP contribution in [0.1, 0.15) is 36.3 Å². The highest BCUT2D eigenvalue weighted by molar-refractivity contribution is 5.76. The SMILES string of the molecule is COc1cc(C(C)NC(=O)CCc2ccc(-c3ccccc3F)o2)ccc1OCc1ccncc1. The number of nitrogens with one attached hydrogen (secondary N) is 1. The molecule has 1 atom stereocenters. The molecule has 7 heteroatoms. The highest BCUT2D eigenvalue weighted by Gasteiger charge is 2.15. The van der Waals surface area contributed by atoms with Crippen molar-refractivity contribution in [2.75, 3.05) is 7.11 Å². The maximum Gasteiger partial charge on any atom is 0.220 e. The average Bonchev–Trinajstić information content (AvgIpc) is 3.36. The highest BCUT2D eigenvalue weighted by atomic mass is 19.1. The zero-order valence-electron chi connectivity index (χ0n) is 19.7. The molecule has 2 aromatic carbocycles. The standard InChI is InChI=1S/C28H27FN2O4/c1-19(21-7-10-26(27(17-21)33-2)34-18-20-13-15-30-16-14-20)31-28(32)12-9-22-8-11-25(35-22)23-5-3-4-6-24(23)29/h3-8,10-11,13-17,19H,9,12,18H2,1-2H3,(H,31,32). The van der Waals surface area contributed by atoms with Crippen LogP contribution in [0, 0.1) is 5.82 Å². The Morgan fingerprint density at radius 1 is 1.06 bits per heavy atom. The van der Waals surface area contributed by atoms with Crippen LogP contribution < -0.4 is 14.8 Å². The molecule has 0 bridgehead atoms. The van der Waals surface area contributed by atoms with Crippen LogP contribution in [0.2, 0.25) is 0 Å². The number of hydrogen-bond donors (Lipinski definition) is 1. The third-order valence-corrected chi connectivity index (χ3v) is 5.61. The van der Waals surface area contributed by atoms with Gasteiger partial charge in [-0.1, -0.05) is 18.2 Å². The zero-order valence-corrected chi connectivity index (χ0v) is 19.7. The van der Waals surface area contributed by atoms with Gasteiger partial charge in [-0.05, 0) is 66.6 Å². The fourth-order valence-corrected chi connectivity index (χ4v) is 3.66. The van der Waals surface area contributed by atoms with E-state index in [2.05, 4.69) is 10.3 Å². The van der Waals surface area contributed by atoms with E-state index >= 15 is 0 Å². The first-order chi connectivity index (χ1) is 17.0. The fraction of sp³-hybridized carbons (Fsp3) is 0.214. The second-order valence-corrected chi connectivity index (χ2v) is 8.09. The number of hydrogen-bond acceptors (Lipinski definition) is 5. The molecule has 1 amide bonds. The van der Waals surface area contributed by atoms with Gasteiger partial charge in [0.15, 0.2) is 11.5 Å². The molecule has 2 heterocycles. The minimum Gasteiger partial charge on any atom is -0.493 e. The van der Waals surface area contributed by atoms with Crippen molar-refractivity contribution >= 4 is 5.91 Å². The predicted molar refractivity (Wildman–Crippen MR) is 131 cm³/mol. The van der Waals surface area contributed by atoms with Crippen LogP contribution in [0.4, 0.5) is 4.39 Å². The van der Waals surface area contributed by atoms with E-state index in [-0.39, 0.29) is 24.2 Å². The van der Waals surface area contributed by atoms with Crippen LogP contribution >= 0.6 is 0 Å². The summed E-state index contributed by atoms with van der Waals surface area (Å²) in [5.41, 5.74) is 2.30. The van der Waals surface area contributed by atoms with Crippen LogP contribution in [0.3, 0.4) is 0 Å². The average molecular weight is 475 g/mol. The van der Waals surface area contributed by atoms with E-state index in [9.17, 15) is 9.18 Å². The molecular formula is C28H27FN2O4. The number of aryl methyl sites for hydroxylation is 1. The molecule has 1 unspecified atom stereocenters. The Labute approximate surface area is 203 Å². The van der Waals surface area contributed by atoms with Crippen LogP contribution in [-0.2, 0) is 17.8 Å². The molecule has 180 valence electrons. The molecular weight excluding hydrogens is 447 g/mol. The molecule has 6 nitrogen and oxygen atoms in total. The lowest BCUT2D eigenvalue weighted by Crippen LogP contribution is -2.26. The molecule has 1 N–H and O–H groups in total. The maximum absolute atomic E-state index is 14.0. The lowest BCUT2D eigenvalue weighted by atomic mass is 10.1. The van der Waals surface area contributed by atoms with Crippen molar-refractivity contribution in [3.05, 3.63) is 102 Å². The van der Waals surface area contributed by atoms with Crippen LogP contribution in [0.15, 0.2) is 83.5 Å². The van der Waals surface area contributed by atoms with Gasteiger partial charge >= 0.3 is 0 Å². The summed E-state index contributed by atoms with van der Waals surface area (Å²) in [5.74, 6) is 1.83. The Hall–Kier alpha value is -4.13. The summed E-state index contributed by atoms with van der Waals surface area (Å²) in [7, 11) is 1.58. The summed E-state index contributed by atoms with van der Waals surface area (Å²) >= 11 is 0. The summed E-state index contributed by atoms with van der Waals surface area (Å²) in [6.07, 6.45) is 4.10. The number of aromatic nitrogens is 1. The number of benzene rings is 2. The van der Waals surface area contributed by atoms with Crippen molar-refractivity contribution in [3.63, 3.8) is 0 Å². The number of furan rings is 1. The summed E-state index contributed by atoms with van der Waals surface area (Å²) in [5, 5.41) is 3.00. The molecule has 2 aromatic heterocycles. The second-order valence-electron chi connectivity index (χ2n) is 8.09. The van der Waals surface area contributed by atoms with Crippen LogP contribution in [-0.4, -0.2) is 18.0 Å². The molecule has 0 aliphatic heterocycles. The Bertz CT molecular complexity index is 1270. The minimum absolute atomic E-state index is 0.113. The van der Waals surface area contributed by atoms with E-state index in [4.69, 9.17) is 13.9 Å². The number of amides is 1. The third kappa shape index (κ3) is 6.26. The largest absolute Gasteiger partial charge is 0.493 e. The number of ether oxygens (including phenoxy) is 2. The Morgan fingerprint density at radius 3 is 2.63 bits per heavy atom. The number of nitrogens with zero attached hydrogens (tertiary/aromatic N) is 1. The molecule has 0 saturated heterocycles. The molecule has 0 radical (unpaired) electrons. The lowest BCUT2D eigenvalue weighted by Gasteiger charge is -2.17. The van der Waals surface area contributed by atoms with Crippen molar-refractivity contribution in [1.82, 2.24) is 10.3 Å². The first-order valence-corrected chi connectivity index (χ1v) is 11.4. The molecule has 35 heavy (non-hydrogen) atoms. The number of carbonyl (C=O) groups is 1. The van der Waals surface area contributed by atoms with Gasteiger partial charge in [-0.15, -0.1) is 0 Å². The van der Waals surface area contributed by atoms with Crippen LogP contribution in [0.25, 0.3) is 11.3 Å². The van der Waals surface area contributed by atoms with Gasteiger partial charge in [0.05, 0.1) is 18.7 Å². The van der Waals surface area contributed by atoms with Crippen LogP contribution in [0.5, 0.6) is 11.5 Å². The van der Waals surface area contributed by atoms with Crippen molar-refractivity contribution < 1.29 is 23.1 Å². The molecule has 4 rings (SSSR count). The van der Waals surface area contributed by atoms with Crippen molar-refractivity contribution in [3.8, 4) is 22.8 Å². The topological polar surface area (TPSA) is 73.6 Å². The van der Waals surface area contributed by atoms with E-state index in [1.165, 1.54) is 6.07 Å². The van der Waals surface area contributed by atoms with E-state index in [1.807, 2.05) is 37.3 Å². The predicted octanol–water partition coefficient (Wildman–Crippen LogP) is 5.88. The summed E-state index contributed by atoms with van der Waals surface area (Å²) < 4.78 is 31.1. The molecule has 0 aliphatic rings. The number of methoxy groups -OCH3 is 1. The van der Waals surface area contributed by atoms with Gasteiger partial charge < -0.3 is 19.2 Å². The monoisotopic (exact) mass is 474 g/mol. The molecule has 4 aromatic rings. The smallest absolute Gasteiger partial charge is 0.220 e. The summed E-state index contributed by atoms with van der Waals surface area (Å²) in [6, 6.07) is 19.1. The molecule has 0 fully saturated rings. The Kier molecular flexibility index (Phi) is 7.77. The zero-order chi connectivity index (χ0) is 24.6. The fourth-order valence-electron chi connectivity index (χ4n) is 3.66. The Balaban J connectivity index is 1.31. The van der Waals surface area contributed by atoms with Gasteiger partial charge in [-0.25, -0.2) is 4.39 Å². The second kappa shape index (κ2) is 11.3. The first-order valence-electron chi connectivity index (χ1n) is 11.4. The number of carbonyl (C=O) groups excluding carboxylic acids is 1. The van der Waals surface area contributed by atoms with Crippen molar-refractivity contribution in [2.24, 2.45) is 0 Å². The van der Waals surface area contributed by atoms with Crippen molar-refractivity contribution in [2.45, 2.75) is 32.4 Å². The summed E-state index contributed by atoms with van der Waals surface area (Å²) in [6.45, 7) is 2.31. The van der Waals surface area contributed by atoms with Gasteiger partial charge in [0.1, 0.15) is 23.9 Å². The molecule has 0 spiro atoms. The minimum atomic E-state index is -0.343. The number of rotatable bonds is 10. The number of halogens is 1. The van der Waals surface area contributed by atoms with E-state index < -0.39 is 0 Å². The van der Waals surface area contributed by atoms with E-state index in [0.717, 1.165) is 11.1 Å². The van der Waals surface area contributed by atoms with E-state index in [0.29, 0.717) is 41.6 Å². The van der Waals surface area contributed by atoms with Gasteiger partial charge in [0, 0.05) is 25.2 Å². The van der Waals surface area contributed by atoms with Gasteiger partial charge in [0.25, 0.3) is 0 Å². The summed E-state index contributed by atoms with van der Waals surface area (Å²) in [4.78, 5) is 16.5.